The predicted molar refractivity (Wildman–Crippen MR) is 121 cm³/mol. The molecule has 0 fully saturated rings. The van der Waals surface area contributed by atoms with Crippen LogP contribution in [0.15, 0.2) is 78.9 Å². The zero-order valence-corrected chi connectivity index (χ0v) is 17.5. The van der Waals surface area contributed by atoms with Crippen molar-refractivity contribution >= 4 is 23.3 Å². The molecule has 0 saturated carbocycles. The number of amides is 2. The maximum absolute atomic E-state index is 12.6. The zero-order chi connectivity index (χ0) is 20.6. The maximum Gasteiger partial charge on any atom is 0.319 e. The quantitative estimate of drug-likeness (QED) is 0.518. The van der Waals surface area contributed by atoms with Crippen LogP contribution < -0.4 is 10.6 Å². The Bertz CT molecular complexity index is 909. The highest BCUT2D eigenvalue weighted by Crippen LogP contribution is 2.22. The number of rotatable bonds is 7. The molecule has 29 heavy (non-hydrogen) atoms. The molecule has 0 heterocycles. The summed E-state index contributed by atoms with van der Waals surface area (Å²) in [6, 6.07) is 25.3. The van der Waals surface area contributed by atoms with Crippen molar-refractivity contribution in [3.05, 3.63) is 89.4 Å². The molecule has 0 bridgehead atoms. The van der Waals surface area contributed by atoms with Crippen LogP contribution in [-0.4, -0.2) is 31.6 Å². The molecule has 0 aliphatic heterocycles. The number of anilines is 1. The van der Waals surface area contributed by atoms with Gasteiger partial charge in [0.1, 0.15) is 0 Å². The van der Waals surface area contributed by atoms with Gasteiger partial charge in [-0.25, -0.2) is 4.79 Å². The van der Waals surface area contributed by atoms with E-state index < -0.39 is 0 Å². The lowest BCUT2D eigenvalue weighted by atomic mass is 10.0. The smallest absolute Gasteiger partial charge is 0.319 e. The van der Waals surface area contributed by atoms with Crippen molar-refractivity contribution in [2.24, 2.45) is 0 Å². The molecule has 0 radical (unpaired) electrons. The van der Waals surface area contributed by atoms with E-state index in [1.807, 2.05) is 80.8 Å². The average molecular weight is 408 g/mol. The number of nitrogens with zero attached hydrogens (tertiary/aromatic N) is 1. The summed E-state index contributed by atoms with van der Waals surface area (Å²) in [5, 5.41) is 6.70. The lowest BCUT2D eigenvalue weighted by Crippen LogP contribution is -2.34. The summed E-state index contributed by atoms with van der Waals surface area (Å²) < 4.78 is 0. The van der Waals surface area contributed by atoms with E-state index in [-0.39, 0.29) is 12.1 Å². The molecule has 0 aliphatic rings. The van der Waals surface area contributed by atoms with Gasteiger partial charge in [0.25, 0.3) is 0 Å². The molecular formula is C24H26ClN3O. The minimum atomic E-state index is -0.226. The largest absolute Gasteiger partial charge is 0.331 e. The highest BCUT2D eigenvalue weighted by atomic mass is 35.5. The van der Waals surface area contributed by atoms with Gasteiger partial charge in [0.05, 0.1) is 6.04 Å². The topological polar surface area (TPSA) is 44.4 Å². The van der Waals surface area contributed by atoms with Crippen LogP contribution in [0.2, 0.25) is 5.02 Å². The Balaban J connectivity index is 1.65. The maximum atomic E-state index is 12.6. The molecule has 3 aromatic rings. The monoisotopic (exact) mass is 407 g/mol. The van der Waals surface area contributed by atoms with E-state index in [1.165, 1.54) is 0 Å². The summed E-state index contributed by atoms with van der Waals surface area (Å²) in [6.45, 7) is 0.860. The molecule has 3 aromatic carbocycles. The Morgan fingerprint density at radius 2 is 1.52 bits per heavy atom. The van der Waals surface area contributed by atoms with Gasteiger partial charge < -0.3 is 15.5 Å². The highest BCUT2D eigenvalue weighted by Gasteiger charge is 2.15. The molecule has 2 amide bonds. The summed E-state index contributed by atoms with van der Waals surface area (Å²) >= 11 is 6.01. The first kappa shape index (κ1) is 20.9. The van der Waals surface area contributed by atoms with Gasteiger partial charge >= 0.3 is 6.03 Å². The van der Waals surface area contributed by atoms with E-state index in [0.29, 0.717) is 5.02 Å². The van der Waals surface area contributed by atoms with Gasteiger partial charge in [0.2, 0.25) is 0 Å². The van der Waals surface area contributed by atoms with Gasteiger partial charge in [-0.05, 0) is 68.0 Å². The third-order valence-corrected chi connectivity index (χ3v) is 4.94. The van der Waals surface area contributed by atoms with Crippen molar-refractivity contribution in [2.75, 3.05) is 26.0 Å². The van der Waals surface area contributed by atoms with Crippen molar-refractivity contribution < 1.29 is 4.79 Å². The fourth-order valence-electron chi connectivity index (χ4n) is 3.11. The lowest BCUT2D eigenvalue weighted by Gasteiger charge is -2.21. The van der Waals surface area contributed by atoms with Crippen LogP contribution in [0.5, 0.6) is 0 Å². The normalized spacial score (nSPS) is 11.9. The van der Waals surface area contributed by atoms with Gasteiger partial charge in [-0.1, -0.05) is 66.2 Å². The molecule has 0 aliphatic carbocycles. The average Bonchev–Trinajstić information content (AvgIpc) is 2.73. The molecular weight excluding hydrogens is 382 g/mol. The molecule has 3 rings (SSSR count). The number of nitrogens with one attached hydrogen (secondary N) is 2. The minimum absolute atomic E-state index is 0.0988. The number of benzene rings is 3. The Labute approximate surface area is 177 Å². The number of carbonyl (C=O) groups excluding carboxylic acids is 1. The second-order valence-electron chi connectivity index (χ2n) is 7.24. The van der Waals surface area contributed by atoms with Crippen LogP contribution in [0.25, 0.3) is 11.1 Å². The van der Waals surface area contributed by atoms with Crippen LogP contribution in [0.4, 0.5) is 10.5 Å². The van der Waals surface area contributed by atoms with E-state index in [2.05, 4.69) is 27.7 Å². The number of hydrogen-bond acceptors (Lipinski definition) is 2. The van der Waals surface area contributed by atoms with Crippen LogP contribution in [0.3, 0.4) is 0 Å². The lowest BCUT2D eigenvalue weighted by molar-refractivity contribution is 0.246. The number of halogens is 1. The third kappa shape index (κ3) is 6.34. The summed E-state index contributed by atoms with van der Waals surface area (Å²) in [6.07, 6.45) is 0.801. The molecule has 1 atom stereocenters. The Hall–Kier alpha value is -2.82. The Morgan fingerprint density at radius 1 is 0.897 bits per heavy atom. The van der Waals surface area contributed by atoms with Gasteiger partial charge in [-0.2, -0.15) is 0 Å². The van der Waals surface area contributed by atoms with E-state index in [4.69, 9.17) is 11.6 Å². The van der Waals surface area contributed by atoms with Crippen LogP contribution in [-0.2, 0) is 0 Å². The molecule has 0 aromatic heterocycles. The SMILES string of the molecule is CN(C)CCC(NC(=O)Nc1ccc(-c2ccccc2)cc1)c1ccc(Cl)cc1. The van der Waals surface area contributed by atoms with Crippen LogP contribution in [0, 0.1) is 0 Å². The summed E-state index contributed by atoms with van der Waals surface area (Å²) in [5.41, 5.74) is 4.05. The fourth-order valence-corrected chi connectivity index (χ4v) is 3.23. The molecule has 0 saturated heterocycles. The molecule has 4 nitrogen and oxygen atoms in total. The molecule has 0 spiro atoms. The molecule has 2 N–H and O–H groups in total. The van der Waals surface area contributed by atoms with Crippen molar-refractivity contribution in [2.45, 2.75) is 12.5 Å². The first-order chi connectivity index (χ1) is 14.0. The Morgan fingerprint density at radius 3 is 2.14 bits per heavy atom. The van der Waals surface area contributed by atoms with E-state index >= 15 is 0 Å². The fraction of sp³-hybridized carbons (Fsp3) is 0.208. The highest BCUT2D eigenvalue weighted by molar-refractivity contribution is 6.30. The minimum Gasteiger partial charge on any atom is -0.331 e. The predicted octanol–water partition coefficient (Wildman–Crippen LogP) is 5.82. The summed E-state index contributed by atoms with van der Waals surface area (Å²) in [4.78, 5) is 14.7. The van der Waals surface area contributed by atoms with Gasteiger partial charge in [0, 0.05) is 10.7 Å². The first-order valence-electron chi connectivity index (χ1n) is 9.64. The number of urea groups is 1. The molecule has 150 valence electrons. The first-order valence-corrected chi connectivity index (χ1v) is 10.0. The Kier molecular flexibility index (Phi) is 7.28. The number of hydrogen-bond donors (Lipinski definition) is 2. The second-order valence-corrected chi connectivity index (χ2v) is 7.67. The second kappa shape index (κ2) is 10.1. The van der Waals surface area contributed by atoms with Gasteiger partial charge in [-0.3, -0.25) is 0 Å². The van der Waals surface area contributed by atoms with Gasteiger partial charge in [0.15, 0.2) is 0 Å². The van der Waals surface area contributed by atoms with E-state index in [1.54, 1.807) is 0 Å². The van der Waals surface area contributed by atoms with Crippen molar-refractivity contribution in [3.8, 4) is 11.1 Å². The van der Waals surface area contributed by atoms with Crippen molar-refractivity contribution in [1.82, 2.24) is 10.2 Å². The number of carbonyl (C=O) groups is 1. The standard InChI is InChI=1S/C24H26ClN3O/c1-28(2)17-16-23(20-8-12-21(25)13-9-20)27-24(29)26-22-14-10-19(11-15-22)18-6-4-3-5-7-18/h3-15,23H,16-17H2,1-2H3,(H2,26,27,29). The van der Waals surface area contributed by atoms with Crippen molar-refractivity contribution in [3.63, 3.8) is 0 Å². The summed E-state index contributed by atoms with van der Waals surface area (Å²) in [5.74, 6) is 0. The zero-order valence-electron chi connectivity index (χ0n) is 16.7. The van der Waals surface area contributed by atoms with E-state index in [9.17, 15) is 4.79 Å². The van der Waals surface area contributed by atoms with Gasteiger partial charge in [-0.15, -0.1) is 0 Å². The molecule has 5 heteroatoms. The van der Waals surface area contributed by atoms with Crippen LogP contribution >= 0.6 is 11.6 Å². The summed E-state index contributed by atoms with van der Waals surface area (Å²) in [7, 11) is 4.04. The third-order valence-electron chi connectivity index (χ3n) is 4.69. The van der Waals surface area contributed by atoms with Crippen molar-refractivity contribution in [1.29, 1.82) is 0 Å². The van der Waals surface area contributed by atoms with Crippen LogP contribution in [0.1, 0.15) is 18.0 Å². The molecule has 1 unspecified atom stereocenters. The van der Waals surface area contributed by atoms with E-state index in [0.717, 1.165) is 35.3 Å².